The van der Waals surface area contributed by atoms with E-state index in [2.05, 4.69) is 0 Å². The summed E-state index contributed by atoms with van der Waals surface area (Å²) in [7, 11) is 0. The summed E-state index contributed by atoms with van der Waals surface area (Å²) in [6, 6.07) is 0. The van der Waals surface area contributed by atoms with Crippen LogP contribution in [0.4, 0.5) is 0 Å². The Kier molecular flexibility index (Phi) is 7.00. The van der Waals surface area contributed by atoms with E-state index in [1.165, 1.54) is 4.44 Å². The van der Waals surface area contributed by atoms with Crippen LogP contribution in [0.15, 0.2) is 0 Å². The van der Waals surface area contributed by atoms with Gasteiger partial charge >= 0.3 is 90.3 Å². The second-order valence-corrected chi connectivity index (χ2v) is 6.57. The van der Waals surface area contributed by atoms with E-state index in [1.54, 1.807) is 45.0 Å². The van der Waals surface area contributed by atoms with E-state index in [0.29, 0.717) is 3.43 Å². The van der Waals surface area contributed by atoms with E-state index in [4.69, 9.17) is 11.5 Å². The molecule has 2 nitrogen and oxygen atoms in total. The van der Waals surface area contributed by atoms with Crippen molar-refractivity contribution >= 4 is 45.0 Å². The van der Waals surface area contributed by atoms with Gasteiger partial charge in [0.05, 0.1) is 0 Å². The molecule has 0 bridgehead atoms. The summed E-state index contributed by atoms with van der Waals surface area (Å²) in [5, 5.41) is 0. The molecule has 4 N–H and O–H groups in total. The number of hydrogen-bond acceptors (Lipinski definition) is 2. The number of hydrogen-bond donors (Lipinski definition) is 2. The summed E-state index contributed by atoms with van der Waals surface area (Å²) in [5.41, 5.74) is 11.0. The molecular weight excluding hydrogens is 338 g/mol. The molecule has 0 aliphatic carbocycles. The predicted octanol–water partition coefficient (Wildman–Crippen LogP) is -0.402. The van der Waals surface area contributed by atoms with Crippen LogP contribution in [0.2, 0.25) is 7.87 Å². The summed E-state index contributed by atoms with van der Waals surface area (Å²) >= 11 is 3.23. The molecule has 0 aromatic carbocycles. The molecule has 0 aromatic rings. The average molecular weight is 352 g/mol. The SMILES string of the molecule is NCC[C]([Sn])([CH2][Sn])CCN. The fourth-order valence-corrected chi connectivity index (χ4v) is 2.69. The average Bonchev–Trinajstić information content (AvgIpc) is 1.89. The van der Waals surface area contributed by atoms with Gasteiger partial charge < -0.3 is 0 Å². The Hall–Kier alpha value is 1.52. The van der Waals surface area contributed by atoms with E-state index >= 15 is 0 Å². The van der Waals surface area contributed by atoms with Crippen molar-refractivity contribution in [3.05, 3.63) is 0 Å². The van der Waals surface area contributed by atoms with Crippen molar-refractivity contribution in [1.29, 1.82) is 0 Å². The molecule has 0 amide bonds. The molecule has 0 rings (SSSR count). The number of rotatable bonds is 5. The first-order chi connectivity index (χ1) is 4.68. The number of nitrogens with two attached hydrogens (primary N) is 2. The van der Waals surface area contributed by atoms with E-state index < -0.39 is 0 Å². The summed E-state index contributed by atoms with van der Waals surface area (Å²) < 4.78 is 1.83. The van der Waals surface area contributed by atoms with E-state index in [9.17, 15) is 0 Å². The van der Waals surface area contributed by atoms with Gasteiger partial charge in [-0.05, 0) is 0 Å². The van der Waals surface area contributed by atoms with Gasteiger partial charge in [-0.1, -0.05) is 0 Å². The summed E-state index contributed by atoms with van der Waals surface area (Å²) in [6.07, 6.45) is 2.32. The minimum absolute atomic E-state index is 0.522. The van der Waals surface area contributed by atoms with E-state index in [1.807, 2.05) is 0 Å². The molecule has 0 saturated carbocycles. The van der Waals surface area contributed by atoms with Crippen LogP contribution in [0.3, 0.4) is 0 Å². The van der Waals surface area contributed by atoms with Crippen LogP contribution < -0.4 is 11.5 Å². The van der Waals surface area contributed by atoms with Crippen LogP contribution >= 0.6 is 0 Å². The molecule has 6 radical (unpaired) electrons. The molecule has 56 valence electrons. The van der Waals surface area contributed by atoms with Gasteiger partial charge in [0.15, 0.2) is 0 Å². The Morgan fingerprint density at radius 3 is 1.70 bits per heavy atom. The molecule has 0 aromatic heterocycles. The zero-order valence-electron chi connectivity index (χ0n) is 6.19. The molecule has 0 aliphatic rings. The minimum atomic E-state index is 0.522. The summed E-state index contributed by atoms with van der Waals surface area (Å²) in [6.45, 7) is 1.64. The van der Waals surface area contributed by atoms with Gasteiger partial charge in [0, 0.05) is 0 Å². The first-order valence-corrected chi connectivity index (χ1v) is 6.93. The monoisotopic (exact) mass is 354 g/mol. The van der Waals surface area contributed by atoms with Gasteiger partial charge in [0.2, 0.25) is 0 Å². The quantitative estimate of drug-likeness (QED) is 0.662. The standard InChI is InChI=1S/C6H14N2.2Sn/c1-6(2-4-7)3-5-8;;/h1-5,7-8H2;;. The zero-order chi connectivity index (χ0) is 8.04. The fraction of sp³-hybridized carbons (Fsp3) is 1.00. The third kappa shape index (κ3) is 4.41. The second-order valence-electron chi connectivity index (χ2n) is 2.53. The van der Waals surface area contributed by atoms with Crippen molar-refractivity contribution in [2.24, 2.45) is 11.5 Å². The van der Waals surface area contributed by atoms with Crippen molar-refractivity contribution in [3.8, 4) is 0 Å². The van der Waals surface area contributed by atoms with Gasteiger partial charge in [-0.15, -0.1) is 0 Å². The Labute approximate surface area is 89.7 Å². The first-order valence-electron chi connectivity index (χ1n) is 3.48. The molecule has 0 heterocycles. The fourth-order valence-electron chi connectivity index (χ4n) is 0.854. The van der Waals surface area contributed by atoms with Crippen LogP contribution in [-0.4, -0.2) is 58.1 Å². The first kappa shape index (κ1) is 11.5. The molecule has 4 heteroatoms. The molecule has 0 aliphatic heterocycles. The molecule has 10 heavy (non-hydrogen) atoms. The van der Waals surface area contributed by atoms with Crippen LogP contribution in [-0.2, 0) is 0 Å². The molecule has 0 atom stereocenters. The molecule has 0 saturated heterocycles. The van der Waals surface area contributed by atoms with Gasteiger partial charge in [0.1, 0.15) is 0 Å². The molecule has 0 spiro atoms. The maximum absolute atomic E-state index is 5.50. The Morgan fingerprint density at radius 2 is 1.50 bits per heavy atom. The molecule has 0 unspecified atom stereocenters. The van der Waals surface area contributed by atoms with Crippen LogP contribution in [0.25, 0.3) is 0 Å². The van der Waals surface area contributed by atoms with Gasteiger partial charge in [0.25, 0.3) is 0 Å². The topological polar surface area (TPSA) is 52.0 Å². The Balaban J connectivity index is 3.69. The van der Waals surface area contributed by atoms with Crippen molar-refractivity contribution in [1.82, 2.24) is 0 Å². The molecule has 0 fully saturated rings. The van der Waals surface area contributed by atoms with Crippen LogP contribution in [0.5, 0.6) is 0 Å². The third-order valence-corrected chi connectivity index (χ3v) is 8.33. The second kappa shape index (κ2) is 6.08. The van der Waals surface area contributed by atoms with Crippen LogP contribution in [0.1, 0.15) is 12.8 Å². The molecular formula is C6H14N2Sn2. The zero-order valence-corrected chi connectivity index (χ0v) is 11.9. The van der Waals surface area contributed by atoms with Crippen LogP contribution in [0, 0.1) is 0 Å². The summed E-state index contributed by atoms with van der Waals surface area (Å²) in [4.78, 5) is 0. The van der Waals surface area contributed by atoms with E-state index in [0.717, 1.165) is 25.9 Å². The Morgan fingerprint density at radius 1 is 1.10 bits per heavy atom. The van der Waals surface area contributed by atoms with Crippen molar-refractivity contribution < 1.29 is 0 Å². The Bertz CT molecular complexity index is 81.8. The van der Waals surface area contributed by atoms with Crippen molar-refractivity contribution in [2.45, 2.75) is 20.7 Å². The van der Waals surface area contributed by atoms with Gasteiger partial charge in [-0.2, -0.15) is 0 Å². The third-order valence-electron chi connectivity index (χ3n) is 1.58. The maximum atomic E-state index is 5.50. The van der Waals surface area contributed by atoms with Gasteiger partial charge in [-0.25, -0.2) is 0 Å². The normalized spacial score (nSPS) is 12.0. The predicted molar refractivity (Wildman–Crippen MR) is 46.4 cm³/mol. The van der Waals surface area contributed by atoms with E-state index in [-0.39, 0.29) is 0 Å². The van der Waals surface area contributed by atoms with Gasteiger partial charge in [-0.3, -0.25) is 0 Å². The van der Waals surface area contributed by atoms with Crippen molar-refractivity contribution in [2.75, 3.05) is 13.1 Å². The van der Waals surface area contributed by atoms with Crippen molar-refractivity contribution in [3.63, 3.8) is 0 Å². The summed E-state index contributed by atoms with van der Waals surface area (Å²) in [5.74, 6) is 0.